The van der Waals surface area contributed by atoms with E-state index >= 15 is 0 Å². The van der Waals surface area contributed by atoms with E-state index in [1.807, 2.05) is 24.3 Å². The van der Waals surface area contributed by atoms with Crippen molar-refractivity contribution in [2.75, 3.05) is 7.11 Å². The minimum absolute atomic E-state index is 0.0771. The summed E-state index contributed by atoms with van der Waals surface area (Å²) >= 11 is 12.0. The third kappa shape index (κ3) is 3.71. The Kier molecular flexibility index (Phi) is 5.66. The molecule has 0 saturated heterocycles. The lowest BCUT2D eigenvalue weighted by Crippen LogP contribution is -2.23. The van der Waals surface area contributed by atoms with E-state index in [9.17, 15) is 9.90 Å². The molecule has 0 radical (unpaired) electrons. The Hall–Kier alpha value is -1.75. The van der Waals surface area contributed by atoms with Crippen molar-refractivity contribution < 1.29 is 14.6 Å². The fourth-order valence-corrected chi connectivity index (χ4v) is 2.69. The lowest BCUT2D eigenvalue weighted by molar-refractivity contribution is 0.0950. The summed E-state index contributed by atoms with van der Waals surface area (Å²) in [6.07, 6.45) is 0. The second kappa shape index (κ2) is 7.49. The van der Waals surface area contributed by atoms with E-state index in [4.69, 9.17) is 27.9 Å². The number of benzene rings is 2. The van der Waals surface area contributed by atoms with Crippen LogP contribution in [0.5, 0.6) is 5.75 Å². The third-order valence-corrected chi connectivity index (χ3v) is 3.75. The van der Waals surface area contributed by atoms with Crippen molar-refractivity contribution in [3.05, 3.63) is 63.1 Å². The average Bonchev–Trinajstić information content (AvgIpc) is 2.52. The number of ether oxygens (including phenoxy) is 1. The van der Waals surface area contributed by atoms with Crippen LogP contribution >= 0.6 is 23.2 Å². The van der Waals surface area contributed by atoms with Gasteiger partial charge in [-0.2, -0.15) is 0 Å². The maximum absolute atomic E-state index is 12.2. The molecule has 4 nitrogen and oxygen atoms in total. The molecule has 0 spiro atoms. The summed E-state index contributed by atoms with van der Waals surface area (Å²) in [5, 5.41) is 12.6. The molecule has 116 valence electrons. The highest BCUT2D eigenvalue weighted by molar-refractivity contribution is 6.37. The number of hydrogen-bond acceptors (Lipinski definition) is 3. The molecule has 0 fully saturated rings. The lowest BCUT2D eigenvalue weighted by atomic mass is 10.1. The molecule has 2 aromatic carbocycles. The number of methoxy groups -OCH3 is 1. The van der Waals surface area contributed by atoms with Crippen LogP contribution in [0.3, 0.4) is 0 Å². The van der Waals surface area contributed by atoms with Crippen LogP contribution in [0.1, 0.15) is 21.5 Å². The topological polar surface area (TPSA) is 58.6 Å². The van der Waals surface area contributed by atoms with Crippen LogP contribution in [0.4, 0.5) is 0 Å². The highest BCUT2D eigenvalue weighted by Crippen LogP contribution is 2.33. The highest BCUT2D eigenvalue weighted by atomic mass is 35.5. The molecule has 0 aliphatic rings. The number of hydrogen-bond donors (Lipinski definition) is 2. The first-order valence-electron chi connectivity index (χ1n) is 6.55. The molecule has 0 heterocycles. The minimum Gasteiger partial charge on any atom is -0.494 e. The molecule has 22 heavy (non-hydrogen) atoms. The van der Waals surface area contributed by atoms with Gasteiger partial charge in [0, 0.05) is 12.1 Å². The van der Waals surface area contributed by atoms with Gasteiger partial charge in [-0.3, -0.25) is 4.79 Å². The summed E-state index contributed by atoms with van der Waals surface area (Å²) in [6, 6.07) is 10.3. The Morgan fingerprint density at radius 3 is 2.32 bits per heavy atom. The summed E-state index contributed by atoms with van der Waals surface area (Å²) in [7, 11) is 1.46. The Morgan fingerprint density at radius 1 is 1.18 bits per heavy atom. The van der Waals surface area contributed by atoms with Gasteiger partial charge >= 0.3 is 0 Å². The first-order chi connectivity index (χ1) is 10.6. The van der Waals surface area contributed by atoms with E-state index in [0.717, 1.165) is 11.1 Å². The van der Waals surface area contributed by atoms with Gasteiger partial charge in [0.1, 0.15) is 0 Å². The first-order valence-corrected chi connectivity index (χ1v) is 7.31. The SMILES string of the molecule is COc1c(Cl)cc(C(=O)NCc2ccccc2CO)cc1Cl. The van der Waals surface area contributed by atoms with Crippen LogP contribution < -0.4 is 10.1 Å². The molecule has 0 saturated carbocycles. The number of carbonyl (C=O) groups is 1. The van der Waals surface area contributed by atoms with Gasteiger partial charge in [0.15, 0.2) is 5.75 Å². The summed E-state index contributed by atoms with van der Waals surface area (Å²) < 4.78 is 5.05. The van der Waals surface area contributed by atoms with Crippen molar-refractivity contribution in [3.63, 3.8) is 0 Å². The summed E-state index contributed by atoms with van der Waals surface area (Å²) in [5.41, 5.74) is 1.97. The molecule has 0 aliphatic carbocycles. The van der Waals surface area contributed by atoms with Gasteiger partial charge in [-0.05, 0) is 23.3 Å². The molecule has 2 rings (SSSR count). The number of halogens is 2. The predicted octanol–water partition coefficient (Wildman–Crippen LogP) is 3.42. The van der Waals surface area contributed by atoms with Gasteiger partial charge in [-0.15, -0.1) is 0 Å². The normalized spacial score (nSPS) is 10.4. The molecule has 0 atom stereocenters. The minimum atomic E-state index is -0.306. The van der Waals surface area contributed by atoms with Gasteiger partial charge in [0.2, 0.25) is 0 Å². The van der Waals surface area contributed by atoms with Crippen molar-refractivity contribution in [1.82, 2.24) is 5.32 Å². The van der Waals surface area contributed by atoms with Crippen molar-refractivity contribution in [2.24, 2.45) is 0 Å². The third-order valence-electron chi connectivity index (χ3n) is 3.19. The van der Waals surface area contributed by atoms with Crippen LogP contribution in [0.25, 0.3) is 0 Å². The average molecular weight is 340 g/mol. The molecule has 2 N–H and O–H groups in total. The molecule has 1 amide bonds. The Morgan fingerprint density at radius 2 is 1.77 bits per heavy atom. The molecule has 0 unspecified atom stereocenters. The van der Waals surface area contributed by atoms with Crippen molar-refractivity contribution >= 4 is 29.1 Å². The monoisotopic (exact) mass is 339 g/mol. The zero-order valence-corrected chi connectivity index (χ0v) is 13.4. The van der Waals surface area contributed by atoms with E-state index in [1.165, 1.54) is 19.2 Å². The number of amides is 1. The number of nitrogens with one attached hydrogen (secondary N) is 1. The van der Waals surface area contributed by atoms with Crippen molar-refractivity contribution in [1.29, 1.82) is 0 Å². The Bertz CT molecular complexity index is 666. The number of aliphatic hydroxyl groups is 1. The molecule has 2 aromatic rings. The van der Waals surface area contributed by atoms with E-state index in [-0.39, 0.29) is 22.6 Å². The van der Waals surface area contributed by atoms with E-state index in [1.54, 1.807) is 0 Å². The van der Waals surface area contributed by atoms with Gasteiger partial charge < -0.3 is 15.2 Å². The fraction of sp³-hybridized carbons (Fsp3) is 0.188. The van der Waals surface area contributed by atoms with Crippen molar-refractivity contribution in [2.45, 2.75) is 13.2 Å². The zero-order chi connectivity index (χ0) is 16.1. The predicted molar refractivity (Wildman–Crippen MR) is 86.5 cm³/mol. The second-order valence-electron chi connectivity index (χ2n) is 4.58. The van der Waals surface area contributed by atoms with Gasteiger partial charge in [-0.1, -0.05) is 47.5 Å². The van der Waals surface area contributed by atoms with Crippen LogP contribution in [0, 0.1) is 0 Å². The summed E-state index contributed by atoms with van der Waals surface area (Å²) in [5.74, 6) is 0.0321. The molecule has 6 heteroatoms. The summed E-state index contributed by atoms with van der Waals surface area (Å²) in [4.78, 5) is 12.2. The van der Waals surface area contributed by atoms with Gasteiger partial charge in [-0.25, -0.2) is 0 Å². The van der Waals surface area contributed by atoms with Crippen LogP contribution in [0.2, 0.25) is 10.0 Å². The van der Waals surface area contributed by atoms with Crippen LogP contribution in [0.15, 0.2) is 36.4 Å². The molecular formula is C16H15Cl2NO3. The number of carbonyl (C=O) groups excluding carboxylic acids is 1. The lowest BCUT2D eigenvalue weighted by Gasteiger charge is -2.11. The van der Waals surface area contributed by atoms with E-state index < -0.39 is 0 Å². The van der Waals surface area contributed by atoms with Crippen LogP contribution in [-0.4, -0.2) is 18.1 Å². The van der Waals surface area contributed by atoms with E-state index in [0.29, 0.717) is 17.9 Å². The largest absolute Gasteiger partial charge is 0.494 e. The summed E-state index contributed by atoms with van der Waals surface area (Å²) in [6.45, 7) is 0.225. The highest BCUT2D eigenvalue weighted by Gasteiger charge is 2.13. The maximum Gasteiger partial charge on any atom is 0.251 e. The molecule has 0 aliphatic heterocycles. The molecule has 0 bridgehead atoms. The molecular weight excluding hydrogens is 325 g/mol. The quantitative estimate of drug-likeness (QED) is 0.877. The first kappa shape index (κ1) is 16.6. The Balaban J connectivity index is 2.13. The van der Waals surface area contributed by atoms with Gasteiger partial charge in [0.25, 0.3) is 5.91 Å². The van der Waals surface area contributed by atoms with Crippen LogP contribution in [-0.2, 0) is 13.2 Å². The molecule has 0 aromatic heterocycles. The van der Waals surface area contributed by atoms with Crippen molar-refractivity contribution in [3.8, 4) is 5.75 Å². The Labute approximate surface area is 138 Å². The number of aliphatic hydroxyl groups excluding tert-OH is 1. The maximum atomic E-state index is 12.2. The van der Waals surface area contributed by atoms with E-state index in [2.05, 4.69) is 5.32 Å². The number of rotatable bonds is 5. The second-order valence-corrected chi connectivity index (χ2v) is 5.40. The standard InChI is InChI=1S/C16H15Cl2NO3/c1-22-15-13(17)6-12(7-14(15)18)16(21)19-8-10-4-2-3-5-11(10)9-20/h2-7,20H,8-9H2,1H3,(H,19,21). The fourth-order valence-electron chi connectivity index (χ4n) is 2.05. The van der Waals surface area contributed by atoms with Gasteiger partial charge in [0.05, 0.1) is 23.8 Å². The smallest absolute Gasteiger partial charge is 0.251 e. The zero-order valence-electron chi connectivity index (χ0n) is 11.9.